The molecule has 0 spiro atoms. The molecule has 0 fully saturated rings. The van der Waals surface area contributed by atoms with Gasteiger partial charge in [-0.2, -0.15) is 0 Å². The summed E-state index contributed by atoms with van der Waals surface area (Å²) in [6.45, 7) is 6.16. The maximum Gasteiger partial charge on any atom is 0.262 e. The number of hydrogen-bond acceptors (Lipinski definition) is 2. The molecule has 0 unspecified atom stereocenters. The zero-order chi connectivity index (χ0) is 16.2. The first-order valence-electron chi connectivity index (χ1n) is 7.14. The van der Waals surface area contributed by atoms with Crippen LogP contribution in [-0.2, 0) is 10.2 Å². The van der Waals surface area contributed by atoms with Gasteiger partial charge in [0.1, 0.15) is 11.6 Å². The number of rotatable bonds is 4. The highest BCUT2D eigenvalue weighted by Gasteiger charge is 2.14. The Balaban J connectivity index is 1.96. The molecule has 2 aromatic carbocycles. The highest BCUT2D eigenvalue weighted by Crippen LogP contribution is 2.25. The highest BCUT2D eigenvalue weighted by atomic mass is 19.1. The van der Waals surface area contributed by atoms with Crippen molar-refractivity contribution in [2.75, 3.05) is 11.9 Å². The van der Waals surface area contributed by atoms with Crippen LogP contribution in [-0.4, -0.2) is 12.5 Å². The number of amides is 1. The Kier molecular flexibility index (Phi) is 4.81. The van der Waals surface area contributed by atoms with Crippen LogP contribution < -0.4 is 10.1 Å². The maximum atomic E-state index is 13.4. The lowest BCUT2D eigenvalue weighted by Crippen LogP contribution is -2.21. The van der Waals surface area contributed by atoms with Crippen molar-refractivity contribution in [3.63, 3.8) is 0 Å². The van der Waals surface area contributed by atoms with Crippen LogP contribution in [0, 0.1) is 5.82 Å². The van der Waals surface area contributed by atoms with E-state index in [1.807, 2.05) is 18.2 Å². The largest absolute Gasteiger partial charge is 0.484 e. The lowest BCUT2D eigenvalue weighted by atomic mass is 9.87. The van der Waals surface area contributed by atoms with E-state index in [0.717, 1.165) is 5.56 Å². The second-order valence-corrected chi connectivity index (χ2v) is 6.09. The Labute approximate surface area is 130 Å². The summed E-state index contributed by atoms with van der Waals surface area (Å²) in [5.74, 6) is -0.243. The Bertz CT molecular complexity index is 662. The van der Waals surface area contributed by atoms with Crippen molar-refractivity contribution < 1.29 is 13.9 Å². The second-order valence-electron chi connectivity index (χ2n) is 6.09. The first kappa shape index (κ1) is 16.0. The number of ether oxygens (including phenoxy) is 1. The molecule has 0 aromatic heterocycles. The number of nitrogens with one attached hydrogen (secondary N) is 1. The quantitative estimate of drug-likeness (QED) is 0.921. The predicted octanol–water partition coefficient (Wildman–Crippen LogP) is 4.14. The van der Waals surface area contributed by atoms with Gasteiger partial charge >= 0.3 is 0 Å². The average molecular weight is 301 g/mol. The van der Waals surface area contributed by atoms with Crippen molar-refractivity contribution in [3.05, 3.63) is 59.9 Å². The molecule has 2 rings (SSSR count). The van der Waals surface area contributed by atoms with Gasteiger partial charge in [-0.15, -0.1) is 0 Å². The van der Waals surface area contributed by atoms with E-state index in [0.29, 0.717) is 5.75 Å². The smallest absolute Gasteiger partial charge is 0.262 e. The van der Waals surface area contributed by atoms with E-state index in [1.54, 1.807) is 18.2 Å². The van der Waals surface area contributed by atoms with Gasteiger partial charge in [-0.3, -0.25) is 4.79 Å². The third-order valence-corrected chi connectivity index (χ3v) is 3.22. The van der Waals surface area contributed by atoms with Gasteiger partial charge in [0.15, 0.2) is 6.61 Å². The van der Waals surface area contributed by atoms with E-state index in [9.17, 15) is 9.18 Å². The zero-order valence-electron chi connectivity index (χ0n) is 13.0. The summed E-state index contributed by atoms with van der Waals surface area (Å²) in [5.41, 5.74) is 1.29. The molecular formula is C18H20FNO2. The summed E-state index contributed by atoms with van der Waals surface area (Å²) in [7, 11) is 0. The van der Waals surface area contributed by atoms with E-state index >= 15 is 0 Å². The Hall–Kier alpha value is -2.36. The topological polar surface area (TPSA) is 38.3 Å². The highest BCUT2D eigenvalue weighted by molar-refractivity contribution is 5.91. The van der Waals surface area contributed by atoms with Crippen LogP contribution in [0.1, 0.15) is 26.3 Å². The average Bonchev–Trinajstić information content (AvgIpc) is 2.47. The molecule has 0 saturated heterocycles. The summed E-state index contributed by atoms with van der Waals surface area (Å²) in [6.07, 6.45) is 0. The Morgan fingerprint density at radius 1 is 1.14 bits per heavy atom. The molecule has 0 bridgehead atoms. The van der Waals surface area contributed by atoms with Gasteiger partial charge in [-0.25, -0.2) is 4.39 Å². The summed E-state index contributed by atoms with van der Waals surface area (Å²) in [6, 6.07) is 13.7. The van der Waals surface area contributed by atoms with Crippen LogP contribution in [0.3, 0.4) is 0 Å². The number of hydrogen-bond donors (Lipinski definition) is 1. The van der Waals surface area contributed by atoms with Gasteiger partial charge in [0.05, 0.1) is 5.69 Å². The Morgan fingerprint density at radius 2 is 1.86 bits per heavy atom. The van der Waals surface area contributed by atoms with E-state index in [2.05, 4.69) is 26.1 Å². The molecule has 0 aliphatic carbocycles. The number of benzene rings is 2. The van der Waals surface area contributed by atoms with Gasteiger partial charge < -0.3 is 10.1 Å². The molecule has 0 radical (unpaired) electrons. The number of halogens is 1. The molecule has 0 heterocycles. The summed E-state index contributed by atoms with van der Waals surface area (Å²) in [5, 5.41) is 2.49. The molecule has 2 aromatic rings. The van der Waals surface area contributed by atoms with Gasteiger partial charge in [-0.1, -0.05) is 45.0 Å². The molecule has 0 aliphatic heterocycles. The monoisotopic (exact) mass is 301 g/mol. The van der Waals surface area contributed by atoms with E-state index in [1.165, 1.54) is 12.1 Å². The minimum absolute atomic E-state index is 0.00873. The maximum absolute atomic E-state index is 13.4. The van der Waals surface area contributed by atoms with Crippen LogP contribution in [0.25, 0.3) is 0 Å². The molecule has 4 heteroatoms. The van der Waals surface area contributed by atoms with Crippen LogP contribution in [0.15, 0.2) is 48.5 Å². The minimum Gasteiger partial charge on any atom is -0.484 e. The predicted molar refractivity (Wildman–Crippen MR) is 85.7 cm³/mol. The summed E-state index contributed by atoms with van der Waals surface area (Å²) in [4.78, 5) is 11.8. The van der Waals surface area contributed by atoms with Gasteiger partial charge in [0, 0.05) is 0 Å². The molecule has 3 nitrogen and oxygen atoms in total. The van der Waals surface area contributed by atoms with Crippen molar-refractivity contribution in [2.24, 2.45) is 0 Å². The number of carbonyl (C=O) groups excluding carboxylic acids is 1. The van der Waals surface area contributed by atoms with E-state index in [4.69, 9.17) is 4.74 Å². The van der Waals surface area contributed by atoms with Gasteiger partial charge in [0.25, 0.3) is 5.91 Å². The van der Waals surface area contributed by atoms with Crippen molar-refractivity contribution in [3.8, 4) is 5.75 Å². The first-order chi connectivity index (χ1) is 10.4. The summed E-state index contributed by atoms with van der Waals surface area (Å²) >= 11 is 0. The van der Waals surface area contributed by atoms with Crippen molar-refractivity contribution in [1.29, 1.82) is 0 Å². The lowest BCUT2D eigenvalue weighted by molar-refractivity contribution is -0.118. The minimum atomic E-state index is -0.467. The standard InChI is InChI=1S/C18H20FNO2/c1-18(2,3)13-7-6-8-14(11-13)22-12-17(21)20-16-10-5-4-9-15(16)19/h4-11H,12H2,1-3H3,(H,20,21). The number of para-hydroxylation sites is 1. The van der Waals surface area contributed by atoms with Gasteiger partial charge in [-0.05, 0) is 35.2 Å². The van der Waals surface area contributed by atoms with Crippen LogP contribution in [0.4, 0.5) is 10.1 Å². The normalized spacial score (nSPS) is 11.1. The second kappa shape index (κ2) is 6.60. The van der Waals surface area contributed by atoms with Crippen LogP contribution in [0.2, 0.25) is 0 Å². The van der Waals surface area contributed by atoms with Gasteiger partial charge in [0.2, 0.25) is 0 Å². The summed E-state index contributed by atoms with van der Waals surface area (Å²) < 4.78 is 18.9. The molecule has 1 N–H and O–H groups in total. The first-order valence-corrected chi connectivity index (χ1v) is 7.14. The number of anilines is 1. The molecular weight excluding hydrogens is 281 g/mol. The zero-order valence-corrected chi connectivity index (χ0v) is 13.0. The molecule has 0 saturated carbocycles. The fraction of sp³-hybridized carbons (Fsp3) is 0.278. The van der Waals surface area contributed by atoms with E-state index < -0.39 is 11.7 Å². The third-order valence-electron chi connectivity index (χ3n) is 3.22. The third kappa shape index (κ3) is 4.32. The van der Waals surface area contributed by atoms with E-state index in [-0.39, 0.29) is 17.7 Å². The lowest BCUT2D eigenvalue weighted by Gasteiger charge is -2.19. The molecule has 1 amide bonds. The fourth-order valence-electron chi connectivity index (χ4n) is 1.95. The SMILES string of the molecule is CC(C)(C)c1cccc(OCC(=O)Nc2ccccc2F)c1. The van der Waals surface area contributed by atoms with Crippen molar-refractivity contribution in [1.82, 2.24) is 0 Å². The Morgan fingerprint density at radius 3 is 2.55 bits per heavy atom. The molecule has 22 heavy (non-hydrogen) atoms. The number of carbonyl (C=O) groups is 1. The van der Waals surface area contributed by atoms with Crippen LogP contribution >= 0.6 is 0 Å². The van der Waals surface area contributed by atoms with Crippen molar-refractivity contribution in [2.45, 2.75) is 26.2 Å². The molecule has 116 valence electrons. The fourth-order valence-corrected chi connectivity index (χ4v) is 1.95. The molecule has 0 atom stereocenters. The van der Waals surface area contributed by atoms with Crippen LogP contribution in [0.5, 0.6) is 5.75 Å². The van der Waals surface area contributed by atoms with Crippen molar-refractivity contribution >= 4 is 11.6 Å². The molecule has 0 aliphatic rings.